The van der Waals surface area contributed by atoms with Crippen LogP contribution in [0.1, 0.15) is 0 Å². The third-order valence-corrected chi connectivity index (χ3v) is 0.632. The van der Waals surface area contributed by atoms with Crippen molar-refractivity contribution in [2.45, 2.75) is 6.04 Å². The molecule has 0 radical (unpaired) electrons. The van der Waals surface area contributed by atoms with Crippen LogP contribution in [0.2, 0.25) is 0 Å². The van der Waals surface area contributed by atoms with Gasteiger partial charge in [0.2, 0.25) is 6.04 Å². The number of aliphatic hydroxyl groups excluding tert-OH is 2. The average molecular weight is 209 g/mol. The van der Waals surface area contributed by atoms with Gasteiger partial charge >= 0.3 is 11.9 Å². The smallest absolute Gasteiger partial charge is 0.332 e. The number of rotatable bonds is 3. The van der Waals surface area contributed by atoms with Gasteiger partial charge in [-0.15, -0.1) is 13.2 Å². The predicted octanol–water partition coefficient (Wildman–Crippen LogP) is -1.74. The lowest BCUT2D eigenvalue weighted by atomic mass is 10.3. The summed E-state index contributed by atoms with van der Waals surface area (Å²) in [5.41, 5.74) is 4.56. The summed E-state index contributed by atoms with van der Waals surface area (Å²) in [6, 6.07) is -1.80. The molecule has 0 aromatic heterocycles. The summed E-state index contributed by atoms with van der Waals surface area (Å²) >= 11 is 0. The predicted molar refractivity (Wildman–Crippen MR) is 48.7 cm³/mol. The second-order valence-corrected chi connectivity index (χ2v) is 1.60. The van der Waals surface area contributed by atoms with E-state index in [1.807, 2.05) is 0 Å². The highest BCUT2D eigenvalue weighted by atomic mass is 16.4. The molecule has 0 unspecified atom stereocenters. The van der Waals surface area contributed by atoms with Crippen molar-refractivity contribution in [3.8, 4) is 0 Å². The highest BCUT2D eigenvalue weighted by Gasteiger charge is 2.18. The molecule has 0 bridgehead atoms. The molecule has 0 saturated carbocycles. The van der Waals surface area contributed by atoms with Crippen LogP contribution >= 0.6 is 0 Å². The number of aliphatic hydroxyl groups is 2. The maximum atomic E-state index is 9.63. The average Bonchev–Trinajstić information content (AvgIpc) is 2.19. The molecule has 0 fully saturated rings. The topological polar surface area (TPSA) is 141 Å². The molecule has 0 atom stereocenters. The number of carbonyl (C=O) groups is 2. The molecule has 0 aliphatic heterocycles. The van der Waals surface area contributed by atoms with E-state index in [9.17, 15) is 9.59 Å². The second-order valence-electron chi connectivity index (χ2n) is 1.60. The van der Waals surface area contributed by atoms with Gasteiger partial charge in [-0.3, -0.25) is 0 Å². The molecule has 0 saturated heterocycles. The number of carboxylic acids is 2. The van der Waals surface area contributed by atoms with Gasteiger partial charge in [0.1, 0.15) is 0 Å². The molecule has 0 spiro atoms. The van der Waals surface area contributed by atoms with Crippen molar-refractivity contribution < 1.29 is 30.0 Å². The van der Waals surface area contributed by atoms with E-state index in [2.05, 4.69) is 18.9 Å². The Hall–Kier alpha value is -1.44. The van der Waals surface area contributed by atoms with E-state index in [0.29, 0.717) is 0 Å². The molecule has 0 amide bonds. The van der Waals surface area contributed by atoms with Crippen LogP contribution in [0.15, 0.2) is 13.2 Å². The van der Waals surface area contributed by atoms with Crippen LogP contribution in [-0.2, 0) is 9.59 Å². The van der Waals surface area contributed by atoms with Crippen molar-refractivity contribution in [2.75, 3.05) is 13.2 Å². The van der Waals surface area contributed by atoms with Crippen LogP contribution in [-0.4, -0.2) is 51.6 Å². The van der Waals surface area contributed by atoms with Gasteiger partial charge in [0.25, 0.3) is 0 Å². The number of hydrogen-bond acceptors (Lipinski definition) is 5. The summed E-state index contributed by atoms with van der Waals surface area (Å²) in [7, 11) is 0. The molecule has 0 rings (SSSR count). The lowest BCUT2D eigenvalue weighted by Crippen LogP contribution is -2.38. The minimum absolute atomic E-state index is 0.125. The van der Waals surface area contributed by atoms with E-state index < -0.39 is 18.0 Å². The van der Waals surface area contributed by atoms with Gasteiger partial charge in [-0.05, 0) is 0 Å². The molecular formula is C7H15NO6. The van der Waals surface area contributed by atoms with E-state index in [-0.39, 0.29) is 13.2 Å². The van der Waals surface area contributed by atoms with E-state index in [4.69, 9.17) is 20.4 Å². The number of hydrogen-bond donors (Lipinski definition) is 5. The van der Waals surface area contributed by atoms with Crippen molar-refractivity contribution in [3.63, 3.8) is 0 Å². The molecule has 0 aliphatic rings. The third-order valence-electron chi connectivity index (χ3n) is 0.632. The fourth-order valence-electron chi connectivity index (χ4n) is 0.106. The Labute approximate surface area is 81.1 Å². The maximum Gasteiger partial charge on any atom is 0.332 e. The zero-order valence-corrected chi connectivity index (χ0v) is 7.59. The highest BCUT2D eigenvalue weighted by molar-refractivity contribution is 5.96. The minimum atomic E-state index is -1.80. The summed E-state index contributed by atoms with van der Waals surface area (Å²) in [4.78, 5) is 19.3. The molecule has 0 aromatic carbocycles. The Kier molecular flexibility index (Phi) is 18.5. The Morgan fingerprint density at radius 1 is 1.07 bits per heavy atom. The summed E-state index contributed by atoms with van der Waals surface area (Å²) in [5, 5.41) is 30.9. The van der Waals surface area contributed by atoms with Crippen molar-refractivity contribution in [3.05, 3.63) is 13.2 Å². The van der Waals surface area contributed by atoms with Gasteiger partial charge in [0.15, 0.2) is 0 Å². The van der Waals surface area contributed by atoms with E-state index in [0.717, 1.165) is 0 Å². The third kappa shape index (κ3) is 16.9. The van der Waals surface area contributed by atoms with Gasteiger partial charge in [0.05, 0.1) is 13.2 Å². The van der Waals surface area contributed by atoms with Gasteiger partial charge < -0.3 is 26.2 Å². The summed E-state index contributed by atoms with van der Waals surface area (Å²) in [6.07, 6.45) is 0. The lowest BCUT2D eigenvalue weighted by molar-refractivity contribution is -0.149. The molecule has 14 heavy (non-hydrogen) atoms. The summed E-state index contributed by atoms with van der Waals surface area (Å²) in [6.45, 7) is 5.75. The fourth-order valence-corrected chi connectivity index (χ4v) is 0.106. The quantitative estimate of drug-likeness (QED) is 0.274. The first kappa shape index (κ1) is 18.4. The Morgan fingerprint density at radius 2 is 1.29 bits per heavy atom. The Morgan fingerprint density at radius 3 is 1.29 bits per heavy atom. The zero-order valence-electron chi connectivity index (χ0n) is 7.59. The van der Waals surface area contributed by atoms with Crippen molar-refractivity contribution >= 4 is 11.9 Å². The van der Waals surface area contributed by atoms with E-state index >= 15 is 0 Å². The van der Waals surface area contributed by atoms with Gasteiger partial charge in [-0.25, -0.2) is 9.59 Å². The zero-order chi connectivity index (χ0) is 12.1. The first-order chi connectivity index (χ1) is 6.47. The summed E-state index contributed by atoms with van der Waals surface area (Å²) in [5.74, 6) is -3.06. The summed E-state index contributed by atoms with van der Waals surface area (Å²) < 4.78 is 0. The molecule has 6 N–H and O–H groups in total. The SMILES string of the molecule is C=C.NC(C(=O)O)C(=O)O.OCCO. The van der Waals surface area contributed by atoms with Crippen molar-refractivity contribution in [1.29, 1.82) is 0 Å². The highest BCUT2D eigenvalue weighted by Crippen LogP contribution is 1.74. The first-order valence-electron chi connectivity index (χ1n) is 3.40. The lowest BCUT2D eigenvalue weighted by Gasteiger charge is -1.95. The van der Waals surface area contributed by atoms with E-state index in [1.165, 1.54) is 0 Å². The molecule has 0 aromatic rings. The maximum absolute atomic E-state index is 9.63. The standard InChI is InChI=1S/C3H5NO4.C2H6O2.C2H4/c4-1(2(5)6)3(7)8;3-1-2-4;1-2/h1H,4H2,(H,5,6)(H,7,8);3-4H,1-2H2;1-2H2. The first-order valence-corrected chi connectivity index (χ1v) is 3.40. The largest absolute Gasteiger partial charge is 0.480 e. The normalized spacial score (nSPS) is 7.71. The van der Waals surface area contributed by atoms with Crippen LogP contribution < -0.4 is 5.73 Å². The van der Waals surface area contributed by atoms with E-state index in [1.54, 1.807) is 0 Å². The molecule has 0 aliphatic carbocycles. The van der Waals surface area contributed by atoms with Gasteiger partial charge in [-0.1, -0.05) is 0 Å². The monoisotopic (exact) mass is 209 g/mol. The molecule has 7 heteroatoms. The molecule has 7 nitrogen and oxygen atoms in total. The molecular weight excluding hydrogens is 194 g/mol. The Balaban J connectivity index is -0.000000170. The molecule has 0 heterocycles. The van der Waals surface area contributed by atoms with Crippen molar-refractivity contribution in [2.24, 2.45) is 5.73 Å². The number of aliphatic carboxylic acids is 2. The minimum Gasteiger partial charge on any atom is -0.480 e. The second kappa shape index (κ2) is 14.1. The fraction of sp³-hybridized carbons (Fsp3) is 0.429. The molecule has 84 valence electrons. The Bertz CT molecular complexity index is 144. The van der Waals surface area contributed by atoms with Crippen LogP contribution in [0, 0.1) is 0 Å². The van der Waals surface area contributed by atoms with Crippen LogP contribution in [0.3, 0.4) is 0 Å². The number of carboxylic acid groups (broad SMARTS) is 2. The van der Waals surface area contributed by atoms with Crippen LogP contribution in [0.25, 0.3) is 0 Å². The number of nitrogens with two attached hydrogens (primary N) is 1. The van der Waals surface area contributed by atoms with Gasteiger partial charge in [0, 0.05) is 0 Å². The van der Waals surface area contributed by atoms with Gasteiger partial charge in [-0.2, -0.15) is 0 Å². The van der Waals surface area contributed by atoms with Crippen molar-refractivity contribution in [1.82, 2.24) is 0 Å². The van der Waals surface area contributed by atoms with Crippen LogP contribution in [0.4, 0.5) is 0 Å². The van der Waals surface area contributed by atoms with Crippen LogP contribution in [0.5, 0.6) is 0 Å².